The highest BCUT2D eigenvalue weighted by atomic mass is 79.9. The van der Waals surface area contributed by atoms with Gasteiger partial charge in [-0.2, -0.15) is 0 Å². The van der Waals surface area contributed by atoms with Gasteiger partial charge in [0.15, 0.2) is 5.79 Å². The van der Waals surface area contributed by atoms with Crippen molar-refractivity contribution in [3.05, 3.63) is 26.9 Å². The van der Waals surface area contributed by atoms with Crippen molar-refractivity contribution in [2.24, 2.45) is 0 Å². The molecule has 1 aromatic heterocycles. The first-order valence-corrected chi connectivity index (χ1v) is 6.41. The molecule has 104 valence electrons. The monoisotopic (exact) mass is 332 g/mol. The highest BCUT2D eigenvalue weighted by Crippen LogP contribution is 2.28. The molecule has 0 bridgehead atoms. The number of halogens is 1. The quantitative estimate of drug-likeness (QED) is 0.621. The summed E-state index contributed by atoms with van der Waals surface area (Å²) < 4.78 is 16.8. The maximum Gasteiger partial charge on any atom is 0.332 e. The largest absolute Gasteiger partial charge is 0.470 e. The molecule has 0 N–H and O–H groups in total. The second-order valence-electron chi connectivity index (χ2n) is 4.50. The van der Waals surface area contributed by atoms with Crippen molar-refractivity contribution in [2.45, 2.75) is 25.7 Å². The fourth-order valence-corrected chi connectivity index (χ4v) is 1.99. The first-order valence-electron chi connectivity index (χ1n) is 5.62. The van der Waals surface area contributed by atoms with Crippen molar-refractivity contribution in [1.82, 2.24) is 4.98 Å². The van der Waals surface area contributed by atoms with E-state index < -0.39 is 10.7 Å². The number of hydrogen-bond acceptors (Lipinski definition) is 6. The Kier molecular flexibility index (Phi) is 4.02. The maximum atomic E-state index is 10.9. The Morgan fingerprint density at radius 3 is 3.00 bits per heavy atom. The van der Waals surface area contributed by atoms with E-state index in [9.17, 15) is 10.1 Å². The molecule has 0 saturated carbocycles. The van der Waals surface area contributed by atoms with Crippen LogP contribution in [0.4, 0.5) is 5.69 Å². The molecule has 2 rings (SSSR count). The Bertz CT molecular complexity index is 494. The average Bonchev–Trinajstić information content (AvgIpc) is 2.67. The van der Waals surface area contributed by atoms with Crippen molar-refractivity contribution in [3.8, 4) is 5.88 Å². The van der Waals surface area contributed by atoms with Crippen LogP contribution in [0.5, 0.6) is 5.88 Å². The number of pyridine rings is 1. The summed E-state index contributed by atoms with van der Waals surface area (Å²) in [6, 6.07) is 1.35. The van der Waals surface area contributed by atoms with Crippen LogP contribution in [0, 0.1) is 10.1 Å². The number of ether oxygens (including phenoxy) is 3. The molecule has 0 spiro atoms. The van der Waals surface area contributed by atoms with Crippen LogP contribution in [-0.2, 0) is 9.47 Å². The summed E-state index contributed by atoms with van der Waals surface area (Å²) in [6.45, 7) is 4.14. The lowest BCUT2D eigenvalue weighted by Gasteiger charge is -2.17. The van der Waals surface area contributed by atoms with Crippen molar-refractivity contribution in [2.75, 3.05) is 13.2 Å². The minimum atomic E-state index is -0.646. The molecule has 0 aromatic carbocycles. The third kappa shape index (κ3) is 3.62. The minimum absolute atomic E-state index is 0.0264. The minimum Gasteiger partial charge on any atom is -0.470 e. The van der Waals surface area contributed by atoms with Crippen LogP contribution in [0.25, 0.3) is 0 Å². The van der Waals surface area contributed by atoms with E-state index in [0.717, 1.165) is 0 Å². The SMILES string of the molecule is CC1(C)OCC(COc2ncc(Br)cc2[N+](=O)[O-])O1. The Balaban J connectivity index is 2.02. The Morgan fingerprint density at radius 2 is 2.42 bits per heavy atom. The molecule has 1 aliphatic rings. The van der Waals surface area contributed by atoms with Crippen LogP contribution in [0.15, 0.2) is 16.7 Å². The molecule has 8 heteroatoms. The topological polar surface area (TPSA) is 83.7 Å². The lowest BCUT2D eigenvalue weighted by Crippen LogP contribution is -2.25. The van der Waals surface area contributed by atoms with E-state index in [0.29, 0.717) is 11.1 Å². The van der Waals surface area contributed by atoms with E-state index >= 15 is 0 Å². The Hall–Kier alpha value is -1.25. The highest BCUT2D eigenvalue weighted by Gasteiger charge is 2.33. The van der Waals surface area contributed by atoms with Crippen LogP contribution >= 0.6 is 15.9 Å². The van der Waals surface area contributed by atoms with Gasteiger partial charge < -0.3 is 14.2 Å². The van der Waals surface area contributed by atoms with E-state index in [1.54, 1.807) is 13.8 Å². The van der Waals surface area contributed by atoms with Crippen LogP contribution in [0.1, 0.15) is 13.8 Å². The maximum absolute atomic E-state index is 10.9. The van der Waals surface area contributed by atoms with E-state index in [-0.39, 0.29) is 24.3 Å². The standard InChI is InChI=1S/C11H13BrN2O5/c1-11(2)18-6-8(19-11)5-17-10-9(14(15)16)3-7(12)4-13-10/h3-4,8H,5-6H2,1-2H3. The molecule has 0 amide bonds. The molecule has 1 saturated heterocycles. The third-order valence-corrected chi connectivity index (χ3v) is 2.90. The fraction of sp³-hybridized carbons (Fsp3) is 0.545. The molecular formula is C11H13BrN2O5. The number of nitro groups is 1. The van der Waals surface area contributed by atoms with Gasteiger partial charge in [-0.1, -0.05) is 0 Å². The second kappa shape index (κ2) is 5.40. The predicted octanol–water partition coefficient (Wildman–Crippen LogP) is 2.28. The normalized spacial score (nSPS) is 21.3. The lowest BCUT2D eigenvalue weighted by molar-refractivity contribution is -0.386. The number of hydrogen-bond donors (Lipinski definition) is 0. The average molecular weight is 333 g/mol. The zero-order valence-electron chi connectivity index (χ0n) is 10.5. The lowest BCUT2D eigenvalue weighted by atomic mass is 10.4. The van der Waals surface area contributed by atoms with Gasteiger partial charge in [-0.25, -0.2) is 4.98 Å². The molecule has 1 unspecified atom stereocenters. The summed E-state index contributed by atoms with van der Waals surface area (Å²) in [7, 11) is 0. The summed E-state index contributed by atoms with van der Waals surface area (Å²) in [6.07, 6.45) is 1.18. The van der Waals surface area contributed by atoms with E-state index in [1.165, 1.54) is 12.3 Å². The van der Waals surface area contributed by atoms with E-state index in [2.05, 4.69) is 20.9 Å². The molecule has 0 radical (unpaired) electrons. The van der Waals surface area contributed by atoms with Crippen molar-refractivity contribution in [3.63, 3.8) is 0 Å². The van der Waals surface area contributed by atoms with Crippen LogP contribution < -0.4 is 4.74 Å². The molecule has 7 nitrogen and oxygen atoms in total. The van der Waals surface area contributed by atoms with Gasteiger partial charge in [0.1, 0.15) is 12.7 Å². The number of nitrogens with zero attached hydrogens (tertiary/aromatic N) is 2. The van der Waals surface area contributed by atoms with Crippen molar-refractivity contribution in [1.29, 1.82) is 0 Å². The second-order valence-corrected chi connectivity index (χ2v) is 5.41. The van der Waals surface area contributed by atoms with Gasteiger partial charge in [0.05, 0.1) is 11.5 Å². The zero-order chi connectivity index (χ0) is 14.0. The van der Waals surface area contributed by atoms with E-state index in [1.807, 2.05) is 0 Å². The molecule has 19 heavy (non-hydrogen) atoms. The first-order chi connectivity index (χ1) is 8.87. The number of rotatable bonds is 4. The predicted molar refractivity (Wildman–Crippen MR) is 69.0 cm³/mol. The summed E-state index contributed by atoms with van der Waals surface area (Å²) in [5.41, 5.74) is -0.187. The first kappa shape index (κ1) is 14.2. The Labute approximate surface area is 118 Å². The molecule has 1 aliphatic heterocycles. The van der Waals surface area contributed by atoms with Gasteiger partial charge in [0.2, 0.25) is 0 Å². The molecule has 1 aromatic rings. The number of aromatic nitrogens is 1. The van der Waals surface area contributed by atoms with Gasteiger partial charge in [0.25, 0.3) is 5.88 Å². The zero-order valence-corrected chi connectivity index (χ0v) is 12.0. The third-order valence-electron chi connectivity index (χ3n) is 2.47. The van der Waals surface area contributed by atoms with E-state index in [4.69, 9.17) is 14.2 Å². The molecule has 1 fully saturated rings. The summed E-state index contributed by atoms with van der Waals surface area (Å²) >= 11 is 3.13. The summed E-state index contributed by atoms with van der Waals surface area (Å²) in [5.74, 6) is -0.672. The summed E-state index contributed by atoms with van der Waals surface area (Å²) in [4.78, 5) is 14.2. The van der Waals surface area contributed by atoms with Gasteiger partial charge >= 0.3 is 5.69 Å². The van der Waals surface area contributed by atoms with Crippen LogP contribution in [0.3, 0.4) is 0 Å². The summed E-state index contributed by atoms with van der Waals surface area (Å²) in [5, 5.41) is 10.9. The van der Waals surface area contributed by atoms with Crippen molar-refractivity contribution >= 4 is 21.6 Å². The fourth-order valence-electron chi connectivity index (χ4n) is 1.68. The van der Waals surface area contributed by atoms with Gasteiger partial charge in [-0.15, -0.1) is 0 Å². The molecule has 2 heterocycles. The highest BCUT2D eigenvalue weighted by molar-refractivity contribution is 9.10. The van der Waals surface area contributed by atoms with Crippen molar-refractivity contribution < 1.29 is 19.1 Å². The smallest absolute Gasteiger partial charge is 0.332 e. The van der Waals surface area contributed by atoms with Gasteiger partial charge in [-0.05, 0) is 29.8 Å². The Morgan fingerprint density at radius 1 is 1.68 bits per heavy atom. The van der Waals surface area contributed by atoms with Gasteiger partial charge in [0, 0.05) is 16.7 Å². The molecule has 0 aliphatic carbocycles. The van der Waals surface area contributed by atoms with Crippen LogP contribution in [-0.4, -0.2) is 35.0 Å². The molecular weight excluding hydrogens is 320 g/mol. The van der Waals surface area contributed by atoms with Crippen LogP contribution in [0.2, 0.25) is 0 Å². The van der Waals surface area contributed by atoms with Gasteiger partial charge in [-0.3, -0.25) is 10.1 Å². The molecule has 1 atom stereocenters.